The maximum Gasteiger partial charge on any atom is 0.330 e. The van der Waals surface area contributed by atoms with Crippen molar-refractivity contribution >= 4 is 83.2 Å². The molecule has 27 heteroatoms. The van der Waals surface area contributed by atoms with Crippen molar-refractivity contribution in [3.63, 3.8) is 0 Å². The monoisotopic (exact) mass is 1790 g/mol. The number of hydrogen-bond acceptors (Lipinski definition) is 24. The van der Waals surface area contributed by atoms with Crippen LogP contribution in [0.25, 0.3) is 0 Å². The molecule has 14 unspecified atom stereocenters. The Morgan fingerprint density at radius 2 is 0.758 bits per heavy atom. The van der Waals surface area contributed by atoms with Gasteiger partial charge in [0.1, 0.15) is 57.6 Å². The summed E-state index contributed by atoms with van der Waals surface area (Å²) in [6, 6.07) is 27.8. The van der Waals surface area contributed by atoms with E-state index in [1.807, 2.05) is 98.7 Å². The maximum absolute atomic E-state index is 12.2. The van der Waals surface area contributed by atoms with E-state index in [1.165, 1.54) is 67.4 Å². The molecule has 3 aromatic rings. The number of carbonyl (C=O) groups excluding carboxylic acids is 11. The van der Waals surface area contributed by atoms with Crippen molar-refractivity contribution in [1.82, 2.24) is 0 Å². The van der Waals surface area contributed by atoms with Crippen LogP contribution in [0.4, 0.5) is 5.69 Å². The molecule has 1 saturated heterocycles. The first kappa shape index (κ1) is 109. The highest BCUT2D eigenvalue weighted by Crippen LogP contribution is 2.61. The second-order valence-electron chi connectivity index (χ2n) is 38.3. The fourth-order valence-electron chi connectivity index (χ4n) is 16.4. The average molecular weight is 1790 g/mol. The van der Waals surface area contributed by atoms with Crippen LogP contribution in [0.3, 0.4) is 0 Å². The lowest BCUT2D eigenvalue weighted by Crippen LogP contribution is -2.36. The molecular weight excluding hydrogens is 1640 g/mol. The summed E-state index contributed by atoms with van der Waals surface area (Å²) in [5.74, 6) is 0.639. The van der Waals surface area contributed by atoms with Crippen LogP contribution in [-0.4, -0.2) is 165 Å². The Morgan fingerprint density at radius 1 is 0.414 bits per heavy atom. The van der Waals surface area contributed by atoms with Crippen LogP contribution in [0.2, 0.25) is 0 Å². The topological polar surface area (TPSA) is 367 Å². The van der Waals surface area contributed by atoms with E-state index < -0.39 is 76.2 Å². The Morgan fingerprint density at radius 3 is 1.13 bits per heavy atom. The molecule has 14 atom stereocenters. The Bertz CT molecular complexity index is 3970. The fourth-order valence-corrected chi connectivity index (χ4v) is 16.4. The Kier molecular flexibility index (Phi) is 43.3. The molecule has 0 spiro atoms. The molecule has 2 amide bonds. The molecule has 7 fully saturated rings. The second-order valence-corrected chi connectivity index (χ2v) is 38.3. The van der Waals surface area contributed by atoms with Gasteiger partial charge in [-0.05, 0) is 235 Å². The van der Waals surface area contributed by atoms with Crippen LogP contribution < -0.4 is 9.64 Å². The van der Waals surface area contributed by atoms with Gasteiger partial charge in [0.05, 0.1) is 71.7 Å². The normalized spacial score (nSPS) is 22.1. The van der Waals surface area contributed by atoms with Gasteiger partial charge in [-0.25, -0.2) is 9.59 Å². The van der Waals surface area contributed by atoms with Crippen LogP contribution in [0.5, 0.6) is 5.75 Å². The number of aliphatic carboxylic acids is 2. The quantitative estimate of drug-likeness (QED) is 0.0175. The zero-order valence-electron chi connectivity index (χ0n) is 79.5. The van der Waals surface area contributed by atoms with Crippen molar-refractivity contribution in [3.8, 4) is 5.75 Å². The number of imide groups is 1. The van der Waals surface area contributed by atoms with Crippen molar-refractivity contribution < 1.29 is 125 Å². The Hall–Kier alpha value is -9.79. The van der Waals surface area contributed by atoms with Crippen LogP contribution >= 0.6 is 0 Å². The number of carboxylic acids is 2. The second kappa shape index (κ2) is 51.0. The van der Waals surface area contributed by atoms with Gasteiger partial charge in [0.15, 0.2) is 12.2 Å². The molecule has 1 heterocycles. The molecule has 0 aromatic heterocycles. The van der Waals surface area contributed by atoms with Gasteiger partial charge in [-0.15, -0.1) is 0 Å². The number of anilines is 1. The smallest absolute Gasteiger partial charge is 0.330 e. The van der Waals surface area contributed by atoms with Crippen molar-refractivity contribution in [1.29, 1.82) is 0 Å². The van der Waals surface area contributed by atoms with E-state index in [0.29, 0.717) is 50.2 Å². The third kappa shape index (κ3) is 32.7. The van der Waals surface area contributed by atoms with Gasteiger partial charge in [0, 0.05) is 29.4 Å². The zero-order valence-corrected chi connectivity index (χ0v) is 79.5. The molecule has 7 aliphatic rings. The first-order chi connectivity index (χ1) is 60.2. The van der Waals surface area contributed by atoms with Crippen LogP contribution in [0, 0.1) is 86.3 Å². The molecular formula is C101H147NO26. The lowest BCUT2D eigenvalue weighted by molar-refractivity contribution is -0.170. The molecule has 712 valence electrons. The van der Waals surface area contributed by atoms with Gasteiger partial charge in [-0.1, -0.05) is 149 Å². The number of hydrogen-bond donors (Lipinski definition) is 2. The fraction of sp³-hybridized carbons (Fsp3) is 0.653. The summed E-state index contributed by atoms with van der Waals surface area (Å²) in [7, 11) is 0. The third-order valence-corrected chi connectivity index (χ3v) is 27.1. The first-order valence-electron chi connectivity index (χ1n) is 45.8. The number of amides is 2. The van der Waals surface area contributed by atoms with Gasteiger partial charge < -0.3 is 62.3 Å². The summed E-state index contributed by atoms with van der Waals surface area (Å²) < 4.78 is 58.0. The SMILES string of the molecule is C=CC(=O)OCC(COC(=O)C(C)(C)CC)OC(=O)CCC(=O)O.C=CC(=O)OCC(COC(=O)C(C)(C)CC)OC(=O)CCC(=O)O.CC1C(=O)N(c2ccccc2)C(=O)C1C.CCC(C)(C)C(=O)OC1CC2CC1C1CCCC21.CCC(C)(C)C(=O)OC1CC2CC1C1CCCC21.CCC(C)(C)C(=O)OCCOCCOc1ccc(C(C)(C)c2ccccc2)cc1. The lowest BCUT2D eigenvalue weighted by Gasteiger charge is -2.33. The number of benzene rings is 3. The average Bonchev–Trinajstić information content (AvgIpc) is 1.59. The van der Waals surface area contributed by atoms with Crippen LogP contribution in [0.15, 0.2) is 110 Å². The molecule has 4 bridgehead atoms. The molecule has 27 nitrogen and oxygen atoms in total. The minimum absolute atomic E-state index is 0.0251. The summed E-state index contributed by atoms with van der Waals surface area (Å²) in [4.78, 5) is 151. The van der Waals surface area contributed by atoms with Crippen molar-refractivity contribution in [3.05, 3.63) is 121 Å². The van der Waals surface area contributed by atoms with E-state index in [-0.39, 0.29) is 129 Å². The summed E-state index contributed by atoms with van der Waals surface area (Å²) >= 11 is 0. The predicted octanol–water partition coefficient (Wildman–Crippen LogP) is 17.7. The highest BCUT2D eigenvalue weighted by Gasteiger charge is 2.57. The highest BCUT2D eigenvalue weighted by atomic mass is 16.6. The maximum atomic E-state index is 12.2. The van der Waals surface area contributed by atoms with Crippen molar-refractivity contribution in [2.45, 2.75) is 283 Å². The number of carbonyl (C=O) groups is 13. The van der Waals surface area contributed by atoms with E-state index in [2.05, 4.69) is 77.3 Å². The molecule has 0 radical (unpaired) electrons. The first-order valence-corrected chi connectivity index (χ1v) is 45.8. The molecule has 6 aliphatic carbocycles. The van der Waals surface area contributed by atoms with Gasteiger partial charge >= 0.3 is 65.7 Å². The predicted molar refractivity (Wildman–Crippen MR) is 481 cm³/mol. The van der Waals surface area contributed by atoms with E-state index in [9.17, 15) is 62.3 Å². The number of ether oxygens (including phenoxy) is 11. The van der Waals surface area contributed by atoms with Crippen LogP contribution in [0.1, 0.15) is 265 Å². The molecule has 10 rings (SSSR count). The van der Waals surface area contributed by atoms with Gasteiger partial charge in [-0.2, -0.15) is 0 Å². The number of nitrogens with zero attached hydrogens (tertiary/aromatic N) is 1. The summed E-state index contributed by atoms with van der Waals surface area (Å²) in [6.45, 7) is 43.2. The third-order valence-electron chi connectivity index (χ3n) is 27.1. The van der Waals surface area contributed by atoms with Crippen LogP contribution in [-0.2, 0) is 115 Å². The van der Waals surface area contributed by atoms with E-state index in [4.69, 9.17) is 62.3 Å². The summed E-state index contributed by atoms with van der Waals surface area (Å²) in [5.41, 5.74) is 0.675. The van der Waals surface area contributed by atoms with E-state index >= 15 is 0 Å². The minimum atomic E-state index is -1.14. The lowest BCUT2D eigenvalue weighted by atomic mass is 9.78. The molecule has 128 heavy (non-hydrogen) atoms. The molecule has 3 aromatic carbocycles. The molecule has 6 saturated carbocycles. The number of para-hydroxylation sites is 1. The molecule has 1 aliphatic heterocycles. The minimum Gasteiger partial charge on any atom is -0.491 e. The Balaban J connectivity index is 0.000000275. The number of rotatable bonds is 40. The zero-order chi connectivity index (χ0) is 95.7. The summed E-state index contributed by atoms with van der Waals surface area (Å²) in [5, 5.41) is 17.1. The van der Waals surface area contributed by atoms with E-state index in [0.717, 1.165) is 85.5 Å². The summed E-state index contributed by atoms with van der Waals surface area (Å²) in [6.07, 6.45) is 15.9. The molecule has 2 N–H and O–H groups in total. The van der Waals surface area contributed by atoms with Crippen molar-refractivity contribution in [2.24, 2.45) is 86.3 Å². The standard InChI is InChI=1S/C25H34O4.2C16H24O8.2C16H26O2.C12H13NO2/c1-6-24(2,3)23(26)29-19-17-27-16-18-28-22-14-12-21(13-15-22)25(4,5)20-10-8-7-9-11-20;2*1-5-13(19)22-9-11(24-14(20)8-7-12(17)18)10-23-15(21)16(3,4)6-2;2*1-4-16(2,3)15(17)18-14-9-10-8-13(14)12-7-5-6-11(10)12;1-8-9(2)12(15)13(11(8)14)10-6-4-3-5-7-10/h7-15H,6,16-19H2,1-5H3;2*5,11H,1,6-10H2,2-4H3,(H,17,18);2*10-14H,4-9H2,1-3H3;3-9H,1-2H3. The van der Waals surface area contributed by atoms with E-state index in [1.54, 1.807) is 53.7 Å². The van der Waals surface area contributed by atoms with Gasteiger partial charge in [0.25, 0.3) is 0 Å². The number of carboxylic acid groups (broad SMARTS) is 2. The van der Waals surface area contributed by atoms with Gasteiger partial charge in [0.2, 0.25) is 11.8 Å². The number of esters is 9. The van der Waals surface area contributed by atoms with Crippen molar-refractivity contribution in [2.75, 3.05) is 57.8 Å². The Labute approximate surface area is 758 Å². The number of fused-ring (bicyclic) bond motifs is 10. The van der Waals surface area contributed by atoms with Gasteiger partial charge in [-0.3, -0.25) is 57.6 Å². The largest absolute Gasteiger partial charge is 0.491 e. The highest BCUT2D eigenvalue weighted by molar-refractivity contribution is 6.21.